The zero-order valence-corrected chi connectivity index (χ0v) is 21.6. The van der Waals surface area contributed by atoms with E-state index >= 15 is 0 Å². The van der Waals surface area contributed by atoms with E-state index in [0.717, 1.165) is 49.7 Å². The molecule has 1 heterocycles. The monoisotopic (exact) mass is 507 g/mol. The number of Topliss-reactive ketones (excluding diaryl/α,β-unsaturated/α-hetero) is 2. The molecule has 38 heavy (non-hydrogen) atoms. The van der Waals surface area contributed by atoms with Gasteiger partial charge in [-0.15, -0.1) is 0 Å². The summed E-state index contributed by atoms with van der Waals surface area (Å²) in [7, 11) is 0. The van der Waals surface area contributed by atoms with E-state index in [9.17, 15) is 9.59 Å². The van der Waals surface area contributed by atoms with Crippen molar-refractivity contribution >= 4 is 23.7 Å². The maximum atomic E-state index is 13.6. The van der Waals surface area contributed by atoms with E-state index in [1.807, 2.05) is 97.1 Å². The minimum atomic E-state index is -0.300. The summed E-state index contributed by atoms with van der Waals surface area (Å²) in [5.41, 5.74) is 3.91. The molecule has 1 aliphatic carbocycles. The number of ether oxygens (including phenoxy) is 2. The van der Waals surface area contributed by atoms with Gasteiger partial charge in [0.05, 0.1) is 13.2 Å². The van der Waals surface area contributed by atoms with Crippen LogP contribution >= 0.6 is 0 Å². The van der Waals surface area contributed by atoms with Gasteiger partial charge < -0.3 is 9.47 Å². The van der Waals surface area contributed by atoms with Gasteiger partial charge in [0, 0.05) is 42.3 Å². The Morgan fingerprint density at radius 3 is 1.92 bits per heavy atom. The molecule has 0 N–H and O–H groups in total. The molecule has 1 saturated carbocycles. The predicted octanol–water partition coefficient (Wildman–Crippen LogP) is 5.73. The van der Waals surface area contributed by atoms with Crippen molar-refractivity contribution < 1.29 is 19.1 Å². The van der Waals surface area contributed by atoms with Gasteiger partial charge in [-0.25, -0.2) is 0 Å². The second-order valence-electron chi connectivity index (χ2n) is 9.79. The van der Waals surface area contributed by atoms with Crippen LogP contribution in [-0.2, 0) is 9.53 Å². The van der Waals surface area contributed by atoms with E-state index in [2.05, 4.69) is 4.90 Å². The van der Waals surface area contributed by atoms with Crippen molar-refractivity contribution in [2.45, 2.75) is 12.8 Å². The molecule has 194 valence electrons. The topological polar surface area (TPSA) is 55.8 Å². The maximum absolute atomic E-state index is 13.6. The smallest absolute Gasteiger partial charge is 0.185 e. The van der Waals surface area contributed by atoms with E-state index in [0.29, 0.717) is 36.2 Å². The van der Waals surface area contributed by atoms with Gasteiger partial charge in [-0.3, -0.25) is 14.5 Å². The molecule has 0 unspecified atom stereocenters. The van der Waals surface area contributed by atoms with Crippen molar-refractivity contribution in [1.82, 2.24) is 4.90 Å². The van der Waals surface area contributed by atoms with Crippen molar-refractivity contribution in [3.63, 3.8) is 0 Å². The first-order chi connectivity index (χ1) is 18.7. The van der Waals surface area contributed by atoms with Crippen LogP contribution in [0.1, 0.15) is 34.3 Å². The molecular formula is C33H33NO4. The minimum Gasteiger partial charge on any atom is -0.492 e. The lowest BCUT2D eigenvalue weighted by Crippen LogP contribution is -2.38. The molecule has 0 spiro atoms. The molecule has 0 aromatic heterocycles. The number of carbonyl (C=O) groups excluding carboxylic acids is 2. The summed E-state index contributed by atoms with van der Waals surface area (Å²) in [6.07, 6.45) is 4.70. The van der Waals surface area contributed by atoms with Crippen LogP contribution in [0.2, 0.25) is 0 Å². The number of benzene rings is 3. The first kappa shape index (κ1) is 25.8. The lowest BCUT2D eigenvalue weighted by Gasteiger charge is -2.26. The molecule has 0 radical (unpaired) electrons. The van der Waals surface area contributed by atoms with Gasteiger partial charge in [0.2, 0.25) is 0 Å². The normalized spacial score (nSPS) is 20.5. The average Bonchev–Trinajstić information content (AvgIpc) is 2.97. The molecule has 3 aromatic rings. The Balaban J connectivity index is 1.31. The van der Waals surface area contributed by atoms with E-state index in [1.165, 1.54) is 0 Å². The quantitative estimate of drug-likeness (QED) is 0.288. The van der Waals surface area contributed by atoms with Crippen molar-refractivity contribution in [1.29, 1.82) is 0 Å². The molecule has 5 nitrogen and oxygen atoms in total. The Morgan fingerprint density at radius 1 is 0.816 bits per heavy atom. The zero-order chi connectivity index (χ0) is 26.2. The van der Waals surface area contributed by atoms with E-state index < -0.39 is 0 Å². The third-order valence-corrected chi connectivity index (χ3v) is 7.09. The van der Waals surface area contributed by atoms with Crippen molar-refractivity contribution in [2.24, 2.45) is 5.92 Å². The molecule has 0 bridgehead atoms. The third-order valence-electron chi connectivity index (χ3n) is 7.09. The van der Waals surface area contributed by atoms with Crippen LogP contribution in [0.25, 0.3) is 12.2 Å². The number of hydrogen-bond donors (Lipinski definition) is 0. The molecule has 2 fully saturated rings. The lowest BCUT2D eigenvalue weighted by atomic mass is 9.76. The van der Waals surface area contributed by atoms with Gasteiger partial charge in [0.1, 0.15) is 12.4 Å². The fraction of sp³-hybridized carbons (Fsp3) is 0.273. The highest BCUT2D eigenvalue weighted by Crippen LogP contribution is 2.34. The second kappa shape index (κ2) is 12.6. The predicted molar refractivity (Wildman–Crippen MR) is 150 cm³/mol. The molecule has 1 aliphatic heterocycles. The van der Waals surface area contributed by atoms with E-state index in [1.54, 1.807) is 0 Å². The van der Waals surface area contributed by atoms with Gasteiger partial charge in [-0.2, -0.15) is 0 Å². The number of carbonyl (C=O) groups is 2. The number of hydrogen-bond acceptors (Lipinski definition) is 5. The van der Waals surface area contributed by atoms with Gasteiger partial charge in [-0.05, 0) is 60.4 Å². The highest BCUT2D eigenvalue weighted by molar-refractivity contribution is 6.15. The van der Waals surface area contributed by atoms with E-state index in [4.69, 9.17) is 9.47 Å². The summed E-state index contributed by atoms with van der Waals surface area (Å²) < 4.78 is 11.3. The molecule has 3 aromatic carbocycles. The summed E-state index contributed by atoms with van der Waals surface area (Å²) in [6, 6.07) is 27.0. The van der Waals surface area contributed by atoms with E-state index in [-0.39, 0.29) is 17.5 Å². The first-order valence-electron chi connectivity index (χ1n) is 13.3. The minimum absolute atomic E-state index is 0.0192. The summed E-state index contributed by atoms with van der Waals surface area (Å²) in [4.78, 5) is 29.4. The van der Waals surface area contributed by atoms with Gasteiger partial charge in [0.15, 0.2) is 11.6 Å². The van der Waals surface area contributed by atoms with Crippen LogP contribution in [0, 0.1) is 5.92 Å². The number of rotatable bonds is 8. The van der Waals surface area contributed by atoms with Crippen molar-refractivity contribution in [2.75, 3.05) is 39.5 Å². The molecule has 0 atom stereocenters. The number of ketones is 2. The van der Waals surface area contributed by atoms with Crippen molar-refractivity contribution in [3.05, 3.63) is 113 Å². The molecule has 0 amide bonds. The van der Waals surface area contributed by atoms with Crippen LogP contribution in [0.5, 0.6) is 5.75 Å². The number of morpholine rings is 1. The SMILES string of the molecule is O=C1/C(=C/c2ccccc2)CC(C(=O)c2ccc(OCCN3CCOCC3)cc2)C/C1=C\c1ccccc1. The Bertz CT molecular complexity index is 1230. The van der Waals surface area contributed by atoms with Crippen LogP contribution in [-0.4, -0.2) is 55.9 Å². The van der Waals surface area contributed by atoms with Crippen LogP contribution in [0.4, 0.5) is 0 Å². The van der Waals surface area contributed by atoms with Crippen LogP contribution < -0.4 is 4.74 Å². The summed E-state index contributed by atoms with van der Waals surface area (Å²) in [6.45, 7) is 4.86. The maximum Gasteiger partial charge on any atom is 0.185 e. The highest BCUT2D eigenvalue weighted by Gasteiger charge is 2.32. The first-order valence-corrected chi connectivity index (χ1v) is 13.3. The van der Waals surface area contributed by atoms with Gasteiger partial charge >= 0.3 is 0 Å². The summed E-state index contributed by atoms with van der Waals surface area (Å²) in [5.74, 6) is 0.523. The molecule has 5 heteroatoms. The van der Waals surface area contributed by atoms with Gasteiger partial charge in [0.25, 0.3) is 0 Å². The number of allylic oxidation sites excluding steroid dienone is 2. The third kappa shape index (κ3) is 6.74. The average molecular weight is 508 g/mol. The largest absolute Gasteiger partial charge is 0.492 e. The standard InChI is InChI=1S/C33H33NO4/c35-32(27-11-13-31(14-12-27)38-20-17-34-15-18-37-19-16-34)30-23-28(21-25-7-3-1-4-8-25)33(36)29(24-30)22-26-9-5-2-6-10-26/h1-14,21-22,30H,15-20,23-24H2/b28-21+,29-22+. The Labute approximate surface area is 224 Å². The number of nitrogens with zero attached hydrogens (tertiary/aromatic N) is 1. The fourth-order valence-electron chi connectivity index (χ4n) is 5.00. The lowest BCUT2D eigenvalue weighted by molar-refractivity contribution is -0.113. The fourth-order valence-corrected chi connectivity index (χ4v) is 5.00. The van der Waals surface area contributed by atoms with Gasteiger partial charge in [-0.1, -0.05) is 60.7 Å². The molecule has 2 aliphatic rings. The summed E-state index contributed by atoms with van der Waals surface area (Å²) >= 11 is 0. The highest BCUT2D eigenvalue weighted by atomic mass is 16.5. The zero-order valence-electron chi connectivity index (χ0n) is 21.6. The Kier molecular flexibility index (Phi) is 8.59. The van der Waals surface area contributed by atoms with Crippen molar-refractivity contribution in [3.8, 4) is 5.75 Å². The summed E-state index contributed by atoms with van der Waals surface area (Å²) in [5, 5.41) is 0. The van der Waals surface area contributed by atoms with Crippen LogP contribution in [0.15, 0.2) is 96.1 Å². The molecule has 1 saturated heterocycles. The van der Waals surface area contributed by atoms with Crippen LogP contribution in [0.3, 0.4) is 0 Å². The molecular weight excluding hydrogens is 474 g/mol. The molecule has 5 rings (SSSR count). The second-order valence-corrected chi connectivity index (χ2v) is 9.79. The Morgan fingerprint density at radius 2 is 1.37 bits per heavy atom. The Hall–Kier alpha value is -3.80.